The summed E-state index contributed by atoms with van der Waals surface area (Å²) in [5.41, 5.74) is 0.694. The lowest BCUT2D eigenvalue weighted by Gasteiger charge is -2.02. The van der Waals surface area contributed by atoms with Crippen LogP contribution in [0.5, 0.6) is 0 Å². The average molecular weight is 202 g/mol. The maximum atomic E-state index is 11.0. The number of hydrogen-bond acceptors (Lipinski definition) is 2. The van der Waals surface area contributed by atoms with Gasteiger partial charge >= 0.3 is 0 Å². The Morgan fingerprint density at radius 3 is 3.10 bits per heavy atom. The summed E-state index contributed by atoms with van der Waals surface area (Å²) in [5.74, 6) is 0.101. The molecule has 10 heavy (non-hydrogen) atoms. The van der Waals surface area contributed by atoms with Gasteiger partial charge in [0.05, 0.1) is 11.0 Å². The molecule has 0 aromatic heterocycles. The zero-order valence-corrected chi connectivity index (χ0v) is 7.10. The Bertz CT molecular complexity index is 196. The maximum absolute atomic E-state index is 11.0. The van der Waals surface area contributed by atoms with Gasteiger partial charge in [-0.25, -0.2) is 0 Å². The molecule has 1 aliphatic rings. The largest absolute Gasteiger partial charge is 0.292 e. The number of Topliss-reactive ketones (excluding diaryl/α,β-unsaturated/α-hetero) is 1. The number of ketones is 1. The van der Waals surface area contributed by atoms with Crippen molar-refractivity contribution in [3.8, 4) is 0 Å². The number of halogens is 1. The molecule has 2 nitrogen and oxygen atoms in total. The van der Waals surface area contributed by atoms with Crippen LogP contribution in [-0.2, 0) is 4.79 Å². The van der Waals surface area contributed by atoms with Gasteiger partial charge in [-0.1, -0.05) is 22.0 Å². The summed E-state index contributed by atoms with van der Waals surface area (Å²) in [6.07, 6.45) is 5.39. The fourth-order valence-electron chi connectivity index (χ4n) is 0.790. The van der Waals surface area contributed by atoms with E-state index >= 15 is 0 Å². The van der Waals surface area contributed by atoms with Crippen LogP contribution in [0.2, 0.25) is 0 Å². The molecule has 1 rings (SSSR count). The number of aliphatic imine (C=N–C) groups is 1. The first kappa shape index (κ1) is 7.66. The Balaban J connectivity index is 2.62. The lowest BCUT2D eigenvalue weighted by Crippen LogP contribution is -2.15. The molecule has 0 unspecified atom stereocenters. The molecule has 0 fully saturated rings. The molecule has 0 bridgehead atoms. The molecule has 0 aromatic rings. The van der Waals surface area contributed by atoms with Crippen molar-refractivity contribution in [1.29, 1.82) is 0 Å². The van der Waals surface area contributed by atoms with Crippen LogP contribution in [0.4, 0.5) is 0 Å². The Labute approximate surface area is 68.2 Å². The van der Waals surface area contributed by atoms with Crippen LogP contribution in [0.15, 0.2) is 17.3 Å². The SMILES string of the molecule is O=C(CBr)C1=NC=CCC1. The minimum Gasteiger partial charge on any atom is -0.292 e. The van der Waals surface area contributed by atoms with Crippen LogP contribution >= 0.6 is 15.9 Å². The first-order valence-corrected chi connectivity index (χ1v) is 4.27. The molecule has 3 heteroatoms. The number of allylic oxidation sites excluding steroid dienone is 1. The van der Waals surface area contributed by atoms with Crippen molar-refractivity contribution in [2.45, 2.75) is 12.8 Å². The van der Waals surface area contributed by atoms with E-state index in [0.717, 1.165) is 12.8 Å². The van der Waals surface area contributed by atoms with E-state index in [0.29, 0.717) is 11.0 Å². The summed E-state index contributed by atoms with van der Waals surface area (Å²) in [6, 6.07) is 0. The fourth-order valence-corrected chi connectivity index (χ4v) is 1.11. The highest BCUT2D eigenvalue weighted by Gasteiger charge is 2.09. The molecular formula is C7H8BrNO. The van der Waals surface area contributed by atoms with E-state index in [1.165, 1.54) is 0 Å². The van der Waals surface area contributed by atoms with Crippen molar-refractivity contribution >= 4 is 27.4 Å². The molecule has 0 aliphatic carbocycles. The predicted octanol–water partition coefficient (Wildman–Crippen LogP) is 1.70. The van der Waals surface area contributed by atoms with Crippen molar-refractivity contribution in [2.75, 3.05) is 5.33 Å². The Morgan fingerprint density at radius 2 is 2.60 bits per heavy atom. The summed E-state index contributed by atoms with van der Waals surface area (Å²) >= 11 is 3.10. The van der Waals surface area contributed by atoms with Gasteiger partial charge in [-0.05, 0) is 12.8 Å². The molecule has 0 atom stereocenters. The van der Waals surface area contributed by atoms with E-state index < -0.39 is 0 Å². The van der Waals surface area contributed by atoms with Gasteiger partial charge in [-0.3, -0.25) is 9.79 Å². The summed E-state index contributed by atoms with van der Waals surface area (Å²) in [7, 11) is 0. The summed E-state index contributed by atoms with van der Waals surface area (Å²) in [4.78, 5) is 14.9. The third-order valence-electron chi connectivity index (χ3n) is 1.33. The topological polar surface area (TPSA) is 29.4 Å². The quantitative estimate of drug-likeness (QED) is 0.626. The van der Waals surface area contributed by atoms with Crippen LogP contribution in [0, 0.1) is 0 Å². The number of rotatable bonds is 2. The minimum absolute atomic E-state index is 0.101. The lowest BCUT2D eigenvalue weighted by molar-refractivity contribution is -0.110. The standard InChI is InChI=1S/C7H8BrNO/c8-5-7(10)6-3-1-2-4-9-6/h2,4H,1,3,5H2. The van der Waals surface area contributed by atoms with Gasteiger partial charge in [0, 0.05) is 6.20 Å². The van der Waals surface area contributed by atoms with Crippen LogP contribution < -0.4 is 0 Å². The Hall–Kier alpha value is -0.440. The molecular weight excluding hydrogens is 194 g/mol. The van der Waals surface area contributed by atoms with Gasteiger partial charge in [0.25, 0.3) is 0 Å². The van der Waals surface area contributed by atoms with Crippen molar-refractivity contribution in [3.63, 3.8) is 0 Å². The van der Waals surface area contributed by atoms with Crippen molar-refractivity contribution in [3.05, 3.63) is 12.3 Å². The molecule has 0 saturated carbocycles. The van der Waals surface area contributed by atoms with Crippen LogP contribution in [0.1, 0.15) is 12.8 Å². The highest BCUT2D eigenvalue weighted by Crippen LogP contribution is 2.04. The number of alkyl halides is 1. The Kier molecular flexibility index (Phi) is 2.81. The smallest absolute Gasteiger partial charge is 0.187 e. The number of hydrogen-bond donors (Lipinski definition) is 0. The highest BCUT2D eigenvalue weighted by molar-refractivity contribution is 9.09. The predicted molar refractivity (Wildman–Crippen MR) is 44.6 cm³/mol. The van der Waals surface area contributed by atoms with E-state index in [4.69, 9.17) is 0 Å². The summed E-state index contributed by atoms with van der Waals surface area (Å²) in [5, 5.41) is 0.389. The number of nitrogens with zero attached hydrogens (tertiary/aromatic N) is 1. The van der Waals surface area contributed by atoms with Crippen molar-refractivity contribution in [1.82, 2.24) is 0 Å². The molecule has 0 saturated heterocycles. The second-order valence-electron chi connectivity index (χ2n) is 2.06. The van der Waals surface area contributed by atoms with Gasteiger partial charge in [0.2, 0.25) is 0 Å². The average Bonchev–Trinajstić information content (AvgIpc) is 2.05. The lowest BCUT2D eigenvalue weighted by atomic mass is 10.1. The molecule has 0 radical (unpaired) electrons. The van der Waals surface area contributed by atoms with Crippen molar-refractivity contribution in [2.24, 2.45) is 4.99 Å². The zero-order valence-electron chi connectivity index (χ0n) is 5.51. The second kappa shape index (κ2) is 3.66. The molecule has 0 spiro atoms. The highest BCUT2D eigenvalue weighted by atomic mass is 79.9. The minimum atomic E-state index is 0.101. The molecule has 1 aliphatic heterocycles. The van der Waals surface area contributed by atoms with E-state index in [2.05, 4.69) is 20.9 Å². The molecule has 0 amide bonds. The second-order valence-corrected chi connectivity index (χ2v) is 2.62. The third-order valence-corrected chi connectivity index (χ3v) is 1.84. The molecule has 1 heterocycles. The molecule has 0 aromatic carbocycles. The first-order valence-electron chi connectivity index (χ1n) is 3.15. The third kappa shape index (κ3) is 1.77. The maximum Gasteiger partial charge on any atom is 0.187 e. The van der Waals surface area contributed by atoms with Crippen LogP contribution in [-0.4, -0.2) is 16.8 Å². The van der Waals surface area contributed by atoms with Gasteiger partial charge in [0.15, 0.2) is 5.78 Å². The van der Waals surface area contributed by atoms with Crippen molar-refractivity contribution < 1.29 is 4.79 Å². The first-order chi connectivity index (χ1) is 4.84. The monoisotopic (exact) mass is 201 g/mol. The van der Waals surface area contributed by atoms with Crippen LogP contribution in [0.3, 0.4) is 0 Å². The van der Waals surface area contributed by atoms with Gasteiger partial charge < -0.3 is 0 Å². The molecule has 54 valence electrons. The number of carbonyl (C=O) groups is 1. The normalized spacial score (nSPS) is 16.7. The summed E-state index contributed by atoms with van der Waals surface area (Å²) in [6.45, 7) is 0. The Morgan fingerprint density at radius 1 is 1.80 bits per heavy atom. The van der Waals surface area contributed by atoms with Gasteiger partial charge in [0.1, 0.15) is 0 Å². The summed E-state index contributed by atoms with van der Waals surface area (Å²) < 4.78 is 0. The fraction of sp³-hybridized carbons (Fsp3) is 0.429. The molecule has 0 N–H and O–H groups in total. The zero-order chi connectivity index (χ0) is 7.40. The van der Waals surface area contributed by atoms with Crippen LogP contribution in [0.25, 0.3) is 0 Å². The van der Waals surface area contributed by atoms with E-state index in [9.17, 15) is 4.79 Å². The van der Waals surface area contributed by atoms with Gasteiger partial charge in [-0.2, -0.15) is 0 Å². The van der Waals surface area contributed by atoms with E-state index in [1.807, 2.05) is 6.08 Å². The van der Waals surface area contributed by atoms with E-state index in [-0.39, 0.29) is 5.78 Å². The van der Waals surface area contributed by atoms with E-state index in [1.54, 1.807) is 6.20 Å². The number of carbonyl (C=O) groups excluding carboxylic acids is 1. The van der Waals surface area contributed by atoms with Gasteiger partial charge in [-0.15, -0.1) is 0 Å².